The molecule has 1 nitrogen and oxygen atoms in total. The largest absolute Gasteiger partial charge is 0.545 e. The second-order valence-corrected chi connectivity index (χ2v) is 2.70. The van der Waals surface area contributed by atoms with Gasteiger partial charge in [-0.05, 0) is 5.56 Å². The van der Waals surface area contributed by atoms with Crippen LogP contribution in [-0.4, -0.2) is 12.7 Å². The first-order chi connectivity index (χ1) is 6.00. The van der Waals surface area contributed by atoms with E-state index in [4.69, 9.17) is 0 Å². The maximum absolute atomic E-state index is 11.8. The average molecular weight is 187 g/mol. The summed E-state index contributed by atoms with van der Waals surface area (Å²) >= 11 is 0. The van der Waals surface area contributed by atoms with Crippen LogP contribution in [0.5, 0.6) is 0 Å². The Morgan fingerprint density at radius 2 is 1.69 bits per heavy atom. The van der Waals surface area contributed by atoms with Gasteiger partial charge in [-0.15, -0.1) is 0 Å². The Morgan fingerprint density at radius 3 is 2.15 bits per heavy atom. The Labute approximate surface area is 73.6 Å². The Bertz CT molecular complexity index is 294. The Balaban J connectivity index is 2.66. The maximum atomic E-state index is 11.8. The second-order valence-electron chi connectivity index (χ2n) is 2.70. The number of hydrogen-bond donors (Lipinski definition) is 0. The topological polar surface area (TPSA) is 17.1 Å². The van der Waals surface area contributed by atoms with Gasteiger partial charge in [0, 0.05) is 6.42 Å². The van der Waals surface area contributed by atoms with Crippen molar-refractivity contribution < 1.29 is 17.7 Å². The van der Waals surface area contributed by atoms with Gasteiger partial charge in [0.15, 0.2) is 0 Å². The van der Waals surface area contributed by atoms with E-state index in [1.807, 2.05) is 0 Å². The molecule has 0 unspecified atom stereocenters. The van der Waals surface area contributed by atoms with Crippen LogP contribution in [0.1, 0.15) is 5.56 Å². The molecule has 0 spiro atoms. The normalized spacial score (nSPS) is 11.3. The summed E-state index contributed by atoms with van der Waals surface area (Å²) in [5.41, 5.74) is -1.25. The minimum atomic E-state index is -5.34. The highest BCUT2D eigenvalue weighted by Crippen LogP contribution is 2.13. The summed E-state index contributed by atoms with van der Waals surface area (Å²) in [5, 5.41) is 0. The fourth-order valence-corrected chi connectivity index (χ4v) is 0.913. The van der Waals surface area contributed by atoms with Crippen molar-refractivity contribution in [1.82, 2.24) is 0 Å². The maximum Gasteiger partial charge on any atom is 0.545 e. The molecule has 13 heavy (non-hydrogen) atoms. The predicted octanol–water partition coefficient (Wildman–Crippen LogP) is 2.18. The molecule has 0 saturated carbocycles. The Morgan fingerprint density at radius 1 is 1.15 bits per heavy atom. The number of hydrogen-bond acceptors (Lipinski definition) is 1. The van der Waals surface area contributed by atoms with E-state index in [-0.39, 0.29) is 0 Å². The van der Waals surface area contributed by atoms with Gasteiger partial charge >= 0.3 is 6.98 Å². The van der Waals surface area contributed by atoms with Crippen LogP contribution in [0, 0.1) is 0 Å². The molecular weight excluding hydrogens is 180 g/mol. The van der Waals surface area contributed by atoms with Gasteiger partial charge in [0.05, 0.1) is 5.68 Å². The zero-order valence-corrected chi connectivity index (χ0v) is 6.71. The van der Waals surface area contributed by atoms with Crippen LogP contribution in [-0.2, 0) is 11.2 Å². The molecule has 0 aromatic heterocycles. The highest BCUT2D eigenvalue weighted by atomic mass is 19.4. The summed E-state index contributed by atoms with van der Waals surface area (Å²) in [6.45, 7) is -5.34. The molecule has 1 aromatic rings. The molecule has 0 N–H and O–H groups in total. The van der Waals surface area contributed by atoms with Gasteiger partial charge in [0.1, 0.15) is 0 Å². The van der Waals surface area contributed by atoms with Crippen LogP contribution in [0.2, 0.25) is 0 Å². The van der Waals surface area contributed by atoms with Gasteiger partial charge in [0.25, 0.3) is 0 Å². The molecule has 0 heterocycles. The molecule has 0 aliphatic rings. The minimum Gasteiger partial charge on any atom is -0.443 e. The lowest BCUT2D eigenvalue weighted by Gasteiger charge is -2.12. The van der Waals surface area contributed by atoms with E-state index < -0.39 is 19.1 Å². The number of carbonyl (C=O) groups is 1. The lowest BCUT2D eigenvalue weighted by molar-refractivity contribution is -0.114. The van der Waals surface area contributed by atoms with E-state index in [1.54, 1.807) is 18.2 Å². The van der Waals surface area contributed by atoms with Crippen molar-refractivity contribution in [2.75, 3.05) is 0 Å². The van der Waals surface area contributed by atoms with Crippen LogP contribution in [0.25, 0.3) is 0 Å². The highest BCUT2D eigenvalue weighted by molar-refractivity contribution is 6.91. The van der Waals surface area contributed by atoms with Gasteiger partial charge in [-0.25, -0.2) is 0 Å². The molecule has 70 valence electrons. The molecular formula is C8H7BF3O-. The van der Waals surface area contributed by atoms with Crippen molar-refractivity contribution in [1.29, 1.82) is 0 Å². The third kappa shape index (κ3) is 2.93. The minimum absolute atomic E-state index is 0.395. The molecule has 0 fully saturated rings. The van der Waals surface area contributed by atoms with Crippen molar-refractivity contribution in [2.45, 2.75) is 6.42 Å². The van der Waals surface area contributed by atoms with Gasteiger partial charge in [-0.2, -0.15) is 0 Å². The average Bonchev–Trinajstić information content (AvgIpc) is 2.04. The van der Waals surface area contributed by atoms with E-state index in [0.29, 0.717) is 5.56 Å². The first kappa shape index (κ1) is 9.83. The van der Waals surface area contributed by atoms with E-state index in [0.717, 1.165) is 0 Å². The molecule has 0 aliphatic heterocycles. The Hall–Kier alpha value is -1.26. The van der Waals surface area contributed by atoms with Crippen LogP contribution < -0.4 is 0 Å². The quantitative estimate of drug-likeness (QED) is 0.662. The molecule has 0 saturated heterocycles. The summed E-state index contributed by atoms with van der Waals surface area (Å²) in [6.07, 6.45) is -0.551. The van der Waals surface area contributed by atoms with Crippen molar-refractivity contribution in [3.63, 3.8) is 0 Å². The number of carbonyl (C=O) groups excluding carboxylic acids is 1. The van der Waals surface area contributed by atoms with Crippen molar-refractivity contribution in [3.8, 4) is 0 Å². The number of rotatable bonds is 3. The fraction of sp³-hybridized carbons (Fsp3) is 0.125. The molecule has 1 rings (SSSR count). The molecule has 0 bridgehead atoms. The molecule has 0 amide bonds. The molecule has 0 radical (unpaired) electrons. The van der Waals surface area contributed by atoms with E-state index in [9.17, 15) is 17.7 Å². The first-order valence-electron chi connectivity index (χ1n) is 3.77. The smallest absolute Gasteiger partial charge is 0.443 e. The first-order valence-corrected chi connectivity index (χ1v) is 3.77. The van der Waals surface area contributed by atoms with E-state index in [2.05, 4.69) is 0 Å². The molecule has 5 heteroatoms. The zero-order valence-electron chi connectivity index (χ0n) is 6.71. The van der Waals surface area contributed by atoms with Crippen molar-refractivity contribution in [2.24, 2.45) is 0 Å². The monoisotopic (exact) mass is 187 g/mol. The highest BCUT2D eigenvalue weighted by Gasteiger charge is 2.32. The zero-order chi connectivity index (χ0) is 9.90. The SMILES string of the molecule is O=C(Cc1ccccc1)[B-](F)(F)F. The third-order valence-electron chi connectivity index (χ3n) is 1.59. The lowest BCUT2D eigenvalue weighted by Crippen LogP contribution is -2.31. The third-order valence-corrected chi connectivity index (χ3v) is 1.59. The molecule has 0 atom stereocenters. The van der Waals surface area contributed by atoms with E-state index >= 15 is 0 Å². The van der Waals surface area contributed by atoms with Gasteiger partial charge in [0.2, 0.25) is 0 Å². The van der Waals surface area contributed by atoms with Crippen LogP contribution in [0.15, 0.2) is 30.3 Å². The lowest BCUT2D eigenvalue weighted by atomic mass is 9.81. The summed E-state index contributed by atoms with van der Waals surface area (Å²) in [4.78, 5) is 10.5. The summed E-state index contributed by atoms with van der Waals surface area (Å²) in [7, 11) is 0. The van der Waals surface area contributed by atoms with Gasteiger partial charge in [-0.3, -0.25) is 0 Å². The van der Waals surface area contributed by atoms with Crippen molar-refractivity contribution >= 4 is 12.7 Å². The molecule has 1 aromatic carbocycles. The van der Waals surface area contributed by atoms with Crippen LogP contribution >= 0.6 is 0 Å². The van der Waals surface area contributed by atoms with E-state index in [1.165, 1.54) is 12.1 Å². The summed E-state index contributed by atoms with van der Waals surface area (Å²) in [6, 6.07) is 7.89. The summed E-state index contributed by atoms with van der Waals surface area (Å²) in [5.74, 6) is 0. The predicted molar refractivity (Wildman–Crippen MR) is 44.2 cm³/mol. The van der Waals surface area contributed by atoms with Crippen LogP contribution in [0.3, 0.4) is 0 Å². The standard InChI is InChI=1S/C8H7BF3O/c10-9(11,12)8(13)6-7-4-2-1-3-5-7/h1-5H,6H2/q-1. The number of halogens is 3. The fourth-order valence-electron chi connectivity index (χ4n) is 0.913. The summed E-state index contributed by atoms with van der Waals surface area (Å²) < 4.78 is 35.5. The number of benzene rings is 1. The molecule has 0 aliphatic carbocycles. The second kappa shape index (κ2) is 3.64. The van der Waals surface area contributed by atoms with Crippen LogP contribution in [0.4, 0.5) is 12.9 Å². The Kier molecular flexibility index (Phi) is 2.75. The van der Waals surface area contributed by atoms with Gasteiger partial charge < -0.3 is 17.7 Å². The van der Waals surface area contributed by atoms with Gasteiger partial charge in [-0.1, -0.05) is 30.3 Å². The van der Waals surface area contributed by atoms with Crippen molar-refractivity contribution in [3.05, 3.63) is 35.9 Å².